The van der Waals surface area contributed by atoms with Crippen LogP contribution < -0.4 is 0 Å². The van der Waals surface area contributed by atoms with Crippen LogP contribution in [0, 0.1) is 11.8 Å². The van der Waals surface area contributed by atoms with Crippen molar-refractivity contribution < 1.29 is 8.78 Å². The molecule has 2 heteroatoms. The van der Waals surface area contributed by atoms with Crippen molar-refractivity contribution in [2.24, 2.45) is 11.8 Å². The van der Waals surface area contributed by atoms with Crippen LogP contribution in [0.2, 0.25) is 0 Å². The second-order valence-corrected chi connectivity index (χ2v) is 6.01. The quantitative estimate of drug-likeness (QED) is 0.323. The molecule has 0 radical (unpaired) electrons. The van der Waals surface area contributed by atoms with Gasteiger partial charge in [-0.2, -0.15) is 0 Å². The third-order valence-corrected chi connectivity index (χ3v) is 4.25. The molecule has 0 spiro atoms. The van der Waals surface area contributed by atoms with Crippen LogP contribution in [-0.4, -0.2) is 6.43 Å². The van der Waals surface area contributed by atoms with E-state index in [-0.39, 0.29) is 5.92 Å². The van der Waals surface area contributed by atoms with E-state index in [1.165, 1.54) is 44.9 Å². The average Bonchev–Trinajstić information content (AvgIpc) is 2.40. The first-order valence-electron chi connectivity index (χ1n) is 8.41. The van der Waals surface area contributed by atoms with Crippen LogP contribution in [0.4, 0.5) is 8.78 Å². The second-order valence-electron chi connectivity index (χ2n) is 6.01. The van der Waals surface area contributed by atoms with Gasteiger partial charge in [-0.25, -0.2) is 8.78 Å². The van der Waals surface area contributed by atoms with Crippen LogP contribution >= 0.6 is 0 Å². The highest BCUT2D eigenvalue weighted by molar-refractivity contribution is 4.69. The summed E-state index contributed by atoms with van der Waals surface area (Å²) < 4.78 is 25.8. The zero-order valence-electron chi connectivity index (χ0n) is 13.3. The molecule has 1 unspecified atom stereocenters. The Kier molecular flexibility index (Phi) is 12.8. The molecule has 0 heterocycles. The molecule has 0 aromatic heterocycles. The monoisotopic (exact) mass is 276 g/mol. The van der Waals surface area contributed by atoms with Crippen LogP contribution in [0.5, 0.6) is 0 Å². The van der Waals surface area contributed by atoms with Crippen molar-refractivity contribution in [1.29, 1.82) is 0 Å². The Labute approximate surface area is 119 Å². The number of halogens is 2. The molecule has 0 N–H and O–H groups in total. The van der Waals surface area contributed by atoms with Crippen LogP contribution in [0.3, 0.4) is 0 Å². The molecule has 19 heavy (non-hydrogen) atoms. The molecule has 0 aromatic rings. The van der Waals surface area contributed by atoms with Crippen molar-refractivity contribution in [2.45, 2.75) is 97.8 Å². The highest BCUT2D eigenvalue weighted by atomic mass is 19.3. The molecule has 116 valence electrons. The lowest BCUT2D eigenvalue weighted by Crippen LogP contribution is -2.19. The minimum Gasteiger partial charge on any atom is -0.210 e. The van der Waals surface area contributed by atoms with E-state index in [1.54, 1.807) is 6.92 Å². The zero-order valence-corrected chi connectivity index (χ0v) is 13.3. The van der Waals surface area contributed by atoms with Crippen molar-refractivity contribution in [2.75, 3.05) is 0 Å². The van der Waals surface area contributed by atoms with E-state index in [0.29, 0.717) is 0 Å². The van der Waals surface area contributed by atoms with Gasteiger partial charge in [0.25, 0.3) is 0 Å². The summed E-state index contributed by atoms with van der Waals surface area (Å²) in [6.45, 7) is 6.13. The second kappa shape index (κ2) is 12.9. The molecule has 0 aliphatic carbocycles. The number of rotatable bonds is 13. The van der Waals surface area contributed by atoms with E-state index in [9.17, 15) is 8.78 Å². The van der Waals surface area contributed by atoms with Crippen molar-refractivity contribution >= 4 is 0 Å². The van der Waals surface area contributed by atoms with Gasteiger partial charge in [-0.15, -0.1) is 0 Å². The average molecular weight is 276 g/mol. The molecule has 0 bridgehead atoms. The summed E-state index contributed by atoms with van der Waals surface area (Å²) in [5.41, 5.74) is 0. The zero-order chi connectivity index (χ0) is 14.5. The largest absolute Gasteiger partial charge is 0.241 e. The minimum absolute atomic E-state index is 0.235. The summed E-state index contributed by atoms with van der Waals surface area (Å²) in [6.07, 6.45) is 10.8. The van der Waals surface area contributed by atoms with Gasteiger partial charge >= 0.3 is 0 Å². The van der Waals surface area contributed by atoms with Gasteiger partial charge < -0.3 is 0 Å². The SMILES string of the molecule is CCCCCCCC(CCCCCC)[C@@H](C)C(F)F. The Morgan fingerprint density at radius 3 is 1.53 bits per heavy atom. The molecule has 0 rings (SSSR count). The van der Waals surface area contributed by atoms with Crippen molar-refractivity contribution in [3.05, 3.63) is 0 Å². The maximum atomic E-state index is 12.9. The van der Waals surface area contributed by atoms with Crippen LogP contribution in [0.25, 0.3) is 0 Å². The lowest BCUT2D eigenvalue weighted by molar-refractivity contribution is 0.0466. The van der Waals surface area contributed by atoms with E-state index >= 15 is 0 Å². The highest BCUT2D eigenvalue weighted by Crippen LogP contribution is 2.29. The van der Waals surface area contributed by atoms with Gasteiger partial charge in [-0.05, 0) is 18.8 Å². The summed E-state index contributed by atoms with van der Waals surface area (Å²) in [7, 11) is 0. The van der Waals surface area contributed by atoms with Gasteiger partial charge in [-0.1, -0.05) is 78.6 Å². The van der Waals surface area contributed by atoms with Crippen molar-refractivity contribution in [3.63, 3.8) is 0 Å². The molecule has 0 saturated heterocycles. The maximum Gasteiger partial charge on any atom is 0.241 e. The smallest absolute Gasteiger partial charge is 0.210 e. The fourth-order valence-electron chi connectivity index (χ4n) is 2.72. The van der Waals surface area contributed by atoms with Crippen molar-refractivity contribution in [1.82, 2.24) is 0 Å². The summed E-state index contributed by atoms with van der Waals surface area (Å²) in [5.74, 6) is -0.189. The number of unbranched alkanes of at least 4 members (excludes halogenated alkanes) is 7. The lowest BCUT2D eigenvalue weighted by Gasteiger charge is -2.23. The predicted octanol–water partition coefficient (Wildman–Crippen LogP) is 6.83. The summed E-state index contributed by atoms with van der Waals surface area (Å²) in [4.78, 5) is 0. The van der Waals surface area contributed by atoms with E-state index in [4.69, 9.17) is 0 Å². The molecule has 0 aliphatic heterocycles. The first kappa shape index (κ1) is 18.9. The Hall–Kier alpha value is -0.140. The first-order chi connectivity index (χ1) is 9.13. The normalized spacial score (nSPS) is 14.8. The molecular formula is C17H34F2. The van der Waals surface area contributed by atoms with Gasteiger partial charge in [0.1, 0.15) is 0 Å². The first-order valence-corrected chi connectivity index (χ1v) is 8.41. The van der Waals surface area contributed by atoms with E-state index < -0.39 is 12.3 Å². The lowest BCUT2D eigenvalue weighted by atomic mass is 9.85. The van der Waals surface area contributed by atoms with Crippen LogP contribution in [0.15, 0.2) is 0 Å². The van der Waals surface area contributed by atoms with Gasteiger partial charge in [0.05, 0.1) is 0 Å². The highest BCUT2D eigenvalue weighted by Gasteiger charge is 2.24. The molecule has 0 amide bonds. The van der Waals surface area contributed by atoms with Crippen LogP contribution in [-0.2, 0) is 0 Å². The fraction of sp³-hybridized carbons (Fsp3) is 1.00. The standard InChI is InChI=1S/C17H34F2/c1-4-6-8-10-12-14-16(15(3)17(18)19)13-11-9-7-5-2/h15-17H,4-14H2,1-3H3/t15-,16?/m1/s1. The third kappa shape index (κ3) is 10.3. The molecule has 0 aromatic carbocycles. The topological polar surface area (TPSA) is 0 Å². The molecular weight excluding hydrogens is 242 g/mol. The van der Waals surface area contributed by atoms with Gasteiger partial charge in [0, 0.05) is 5.92 Å². The molecule has 0 saturated carbocycles. The molecule has 0 fully saturated rings. The molecule has 0 aliphatic rings. The van der Waals surface area contributed by atoms with Gasteiger partial charge in [-0.3, -0.25) is 0 Å². The Balaban J connectivity index is 3.90. The third-order valence-electron chi connectivity index (χ3n) is 4.25. The van der Waals surface area contributed by atoms with E-state index in [2.05, 4.69) is 13.8 Å². The van der Waals surface area contributed by atoms with E-state index in [0.717, 1.165) is 25.7 Å². The summed E-state index contributed by atoms with van der Waals surface area (Å²) in [6, 6.07) is 0. The Morgan fingerprint density at radius 1 is 0.684 bits per heavy atom. The Morgan fingerprint density at radius 2 is 1.11 bits per heavy atom. The number of hydrogen-bond donors (Lipinski definition) is 0. The Bertz CT molecular complexity index is 180. The van der Waals surface area contributed by atoms with Crippen LogP contribution in [0.1, 0.15) is 91.4 Å². The molecule has 0 nitrogen and oxygen atoms in total. The summed E-state index contributed by atoms with van der Waals surface area (Å²) >= 11 is 0. The fourth-order valence-corrected chi connectivity index (χ4v) is 2.72. The minimum atomic E-state index is -2.15. The van der Waals surface area contributed by atoms with Gasteiger partial charge in [0.2, 0.25) is 6.43 Å². The van der Waals surface area contributed by atoms with Gasteiger partial charge in [0.15, 0.2) is 0 Å². The van der Waals surface area contributed by atoms with Crippen molar-refractivity contribution in [3.8, 4) is 0 Å². The number of hydrogen-bond acceptors (Lipinski definition) is 0. The number of alkyl halides is 2. The maximum absolute atomic E-state index is 12.9. The molecule has 2 atom stereocenters. The van der Waals surface area contributed by atoms with E-state index in [1.807, 2.05) is 0 Å². The summed E-state index contributed by atoms with van der Waals surface area (Å²) in [5, 5.41) is 0. The predicted molar refractivity (Wildman–Crippen MR) is 80.8 cm³/mol.